The second-order valence-electron chi connectivity index (χ2n) is 8.54. The van der Waals surface area contributed by atoms with E-state index in [0.717, 1.165) is 41.1 Å². The van der Waals surface area contributed by atoms with E-state index in [1.165, 1.54) is 27.3 Å². The maximum absolute atomic E-state index is 13.3. The van der Waals surface area contributed by atoms with E-state index in [2.05, 4.69) is 55.2 Å². The SMILES string of the molecule is Cc1ccc(-c2cc(-c3ccccc3)n(CC(=O)N3CCc4nc(N)sc4CC3)n2)cc1C. The third-order valence-electron chi connectivity index (χ3n) is 6.31. The van der Waals surface area contributed by atoms with Gasteiger partial charge in [-0.05, 0) is 42.7 Å². The van der Waals surface area contributed by atoms with Gasteiger partial charge in [-0.2, -0.15) is 5.10 Å². The topological polar surface area (TPSA) is 77.0 Å². The van der Waals surface area contributed by atoms with Crippen LogP contribution in [0.1, 0.15) is 21.7 Å². The second kappa shape index (κ2) is 8.83. The maximum atomic E-state index is 13.3. The molecule has 33 heavy (non-hydrogen) atoms. The highest BCUT2D eigenvalue weighted by Crippen LogP contribution is 2.28. The van der Waals surface area contributed by atoms with Gasteiger partial charge in [0.2, 0.25) is 5.91 Å². The van der Waals surface area contributed by atoms with Crippen LogP contribution in [0.2, 0.25) is 0 Å². The molecule has 2 aromatic heterocycles. The van der Waals surface area contributed by atoms with Crippen LogP contribution in [0.4, 0.5) is 5.13 Å². The normalized spacial score (nSPS) is 13.6. The zero-order valence-electron chi connectivity index (χ0n) is 18.9. The van der Waals surface area contributed by atoms with Gasteiger partial charge in [-0.25, -0.2) is 4.98 Å². The van der Waals surface area contributed by atoms with Gasteiger partial charge in [-0.3, -0.25) is 9.48 Å². The van der Waals surface area contributed by atoms with Gasteiger partial charge in [0.15, 0.2) is 5.13 Å². The summed E-state index contributed by atoms with van der Waals surface area (Å²) < 4.78 is 1.85. The molecule has 0 fully saturated rings. The lowest BCUT2D eigenvalue weighted by Crippen LogP contribution is -2.36. The Labute approximate surface area is 197 Å². The molecular formula is C26H27N5OS. The van der Waals surface area contributed by atoms with E-state index >= 15 is 0 Å². The molecule has 2 aromatic carbocycles. The van der Waals surface area contributed by atoms with Crippen LogP contribution in [-0.4, -0.2) is 38.7 Å². The summed E-state index contributed by atoms with van der Waals surface area (Å²) in [5.74, 6) is 0.0741. The standard InChI is InChI=1S/C26H27N5OS/c1-17-8-9-20(14-18(17)2)22-15-23(19-6-4-3-5-7-19)31(29-22)16-25(32)30-12-10-21-24(11-13-30)33-26(27)28-21/h3-9,14-15H,10-13,16H2,1-2H3,(H2,27,28). The number of nitrogens with zero attached hydrogens (tertiary/aromatic N) is 4. The van der Waals surface area contributed by atoms with Crippen molar-refractivity contribution < 1.29 is 4.79 Å². The minimum absolute atomic E-state index is 0.0741. The second-order valence-corrected chi connectivity index (χ2v) is 9.66. The van der Waals surface area contributed by atoms with Crippen LogP contribution < -0.4 is 5.73 Å². The summed E-state index contributed by atoms with van der Waals surface area (Å²) in [6.45, 7) is 5.76. The highest BCUT2D eigenvalue weighted by Gasteiger charge is 2.23. The van der Waals surface area contributed by atoms with Crippen molar-refractivity contribution in [1.82, 2.24) is 19.7 Å². The number of thiazole rings is 1. The Balaban J connectivity index is 1.42. The number of amides is 1. The molecule has 0 radical (unpaired) electrons. The molecule has 1 amide bonds. The fourth-order valence-electron chi connectivity index (χ4n) is 4.28. The summed E-state index contributed by atoms with van der Waals surface area (Å²) in [7, 11) is 0. The van der Waals surface area contributed by atoms with E-state index in [9.17, 15) is 4.79 Å². The summed E-state index contributed by atoms with van der Waals surface area (Å²) in [6, 6.07) is 18.6. The number of aromatic nitrogens is 3. The van der Waals surface area contributed by atoms with Crippen LogP contribution in [0.15, 0.2) is 54.6 Å². The molecule has 0 atom stereocenters. The van der Waals surface area contributed by atoms with Crippen LogP contribution in [0.25, 0.3) is 22.5 Å². The molecule has 0 saturated carbocycles. The van der Waals surface area contributed by atoms with Crippen LogP contribution in [0, 0.1) is 13.8 Å². The van der Waals surface area contributed by atoms with E-state index in [0.29, 0.717) is 18.2 Å². The third-order valence-corrected chi connectivity index (χ3v) is 7.30. The van der Waals surface area contributed by atoms with Crippen molar-refractivity contribution >= 4 is 22.4 Å². The number of fused-ring (bicyclic) bond motifs is 1. The number of nitrogen functional groups attached to an aromatic ring is 1. The van der Waals surface area contributed by atoms with Crippen molar-refractivity contribution in [1.29, 1.82) is 0 Å². The largest absolute Gasteiger partial charge is 0.375 e. The minimum Gasteiger partial charge on any atom is -0.375 e. The number of carbonyl (C=O) groups excluding carboxylic acids is 1. The first-order valence-electron chi connectivity index (χ1n) is 11.2. The Hall–Kier alpha value is -3.45. The molecule has 3 heterocycles. The molecule has 4 aromatic rings. The number of nitrogens with two attached hydrogens (primary N) is 1. The summed E-state index contributed by atoms with van der Waals surface area (Å²) in [6.07, 6.45) is 1.54. The van der Waals surface area contributed by atoms with Gasteiger partial charge in [0.05, 0.1) is 17.1 Å². The average Bonchev–Trinajstić information content (AvgIpc) is 3.33. The van der Waals surface area contributed by atoms with E-state index in [1.54, 1.807) is 0 Å². The first-order chi connectivity index (χ1) is 16.0. The number of aryl methyl sites for hydroxylation is 2. The number of hydrogen-bond acceptors (Lipinski definition) is 5. The number of anilines is 1. The number of carbonyl (C=O) groups is 1. The van der Waals surface area contributed by atoms with Gasteiger partial charge < -0.3 is 10.6 Å². The summed E-state index contributed by atoms with van der Waals surface area (Å²) in [5.41, 5.74) is 13.3. The molecule has 0 unspecified atom stereocenters. The number of rotatable bonds is 4. The van der Waals surface area contributed by atoms with Crippen LogP contribution in [0.3, 0.4) is 0 Å². The predicted octanol–water partition coefficient (Wildman–Crippen LogP) is 4.50. The van der Waals surface area contributed by atoms with E-state index in [1.807, 2.05) is 27.8 Å². The summed E-state index contributed by atoms with van der Waals surface area (Å²) >= 11 is 1.54. The fourth-order valence-corrected chi connectivity index (χ4v) is 5.15. The molecule has 1 aliphatic rings. The molecule has 0 spiro atoms. The maximum Gasteiger partial charge on any atom is 0.244 e. The molecule has 2 N–H and O–H groups in total. The Morgan fingerprint density at radius 2 is 1.79 bits per heavy atom. The molecule has 0 saturated heterocycles. The van der Waals surface area contributed by atoms with Gasteiger partial charge in [0.25, 0.3) is 0 Å². The molecule has 0 aliphatic carbocycles. The van der Waals surface area contributed by atoms with Crippen LogP contribution in [0.5, 0.6) is 0 Å². The first-order valence-corrected chi connectivity index (χ1v) is 12.0. The fraction of sp³-hybridized carbons (Fsp3) is 0.269. The van der Waals surface area contributed by atoms with Crippen molar-refractivity contribution in [3.63, 3.8) is 0 Å². The lowest BCUT2D eigenvalue weighted by molar-refractivity contribution is -0.131. The van der Waals surface area contributed by atoms with Gasteiger partial charge >= 0.3 is 0 Å². The van der Waals surface area contributed by atoms with Crippen molar-refractivity contribution in [3.8, 4) is 22.5 Å². The Morgan fingerprint density at radius 1 is 1.00 bits per heavy atom. The highest BCUT2D eigenvalue weighted by atomic mass is 32.1. The molecule has 6 nitrogen and oxygen atoms in total. The van der Waals surface area contributed by atoms with Gasteiger partial charge in [0.1, 0.15) is 6.54 Å². The van der Waals surface area contributed by atoms with Crippen molar-refractivity contribution in [2.45, 2.75) is 33.2 Å². The molecular weight excluding hydrogens is 430 g/mol. The Kier molecular flexibility index (Phi) is 5.72. The van der Waals surface area contributed by atoms with Crippen molar-refractivity contribution in [2.75, 3.05) is 18.8 Å². The lowest BCUT2D eigenvalue weighted by atomic mass is 10.0. The van der Waals surface area contributed by atoms with Gasteiger partial charge in [-0.15, -0.1) is 11.3 Å². The highest BCUT2D eigenvalue weighted by molar-refractivity contribution is 7.15. The zero-order chi connectivity index (χ0) is 22.9. The minimum atomic E-state index is 0.0741. The first kappa shape index (κ1) is 21.4. The number of hydrogen-bond donors (Lipinski definition) is 1. The average molecular weight is 458 g/mol. The van der Waals surface area contributed by atoms with Gasteiger partial charge in [0, 0.05) is 36.4 Å². The Morgan fingerprint density at radius 3 is 2.58 bits per heavy atom. The quantitative estimate of drug-likeness (QED) is 0.489. The molecule has 168 valence electrons. The van der Waals surface area contributed by atoms with Crippen LogP contribution >= 0.6 is 11.3 Å². The smallest absolute Gasteiger partial charge is 0.244 e. The third kappa shape index (κ3) is 4.41. The van der Waals surface area contributed by atoms with Gasteiger partial charge in [-0.1, -0.05) is 42.5 Å². The van der Waals surface area contributed by atoms with E-state index < -0.39 is 0 Å². The lowest BCUT2D eigenvalue weighted by Gasteiger charge is -2.20. The molecule has 0 bridgehead atoms. The van der Waals surface area contributed by atoms with E-state index in [-0.39, 0.29) is 12.5 Å². The summed E-state index contributed by atoms with van der Waals surface area (Å²) in [4.78, 5) is 20.9. The summed E-state index contributed by atoms with van der Waals surface area (Å²) in [5, 5.41) is 5.48. The van der Waals surface area contributed by atoms with Crippen LogP contribution in [-0.2, 0) is 24.2 Å². The monoisotopic (exact) mass is 457 g/mol. The molecule has 1 aliphatic heterocycles. The molecule has 5 rings (SSSR count). The van der Waals surface area contributed by atoms with E-state index in [4.69, 9.17) is 10.8 Å². The Bertz CT molecular complexity index is 1280. The van der Waals surface area contributed by atoms with Crippen molar-refractivity contribution in [3.05, 3.63) is 76.3 Å². The number of benzene rings is 2. The van der Waals surface area contributed by atoms with Crippen molar-refractivity contribution in [2.24, 2.45) is 0 Å². The predicted molar refractivity (Wildman–Crippen MR) is 133 cm³/mol. The zero-order valence-corrected chi connectivity index (χ0v) is 19.7. The molecule has 7 heteroatoms.